The monoisotopic (exact) mass is 464 g/mol. The highest BCUT2D eigenvalue weighted by Gasteiger charge is 2.19. The molecule has 6 nitrogen and oxygen atoms in total. The molecule has 158 valence electrons. The lowest BCUT2D eigenvalue weighted by atomic mass is 10.1. The molecule has 0 radical (unpaired) electrons. The van der Waals surface area contributed by atoms with Crippen LogP contribution in [0.3, 0.4) is 0 Å². The molecule has 0 unspecified atom stereocenters. The standard InChI is InChI=1S/C21H21ClN2O4S2/c1-24(14-16-11-17(22)8-9-20(16)28-2)21(25)15-5-3-7-19(12-15)30(26,27)23-13-18-6-4-10-29-18/h3-12,23H,13-14H2,1-2H3. The minimum atomic E-state index is -3.74. The van der Waals surface area contributed by atoms with Crippen LogP contribution >= 0.6 is 22.9 Å². The number of carbonyl (C=O) groups is 1. The van der Waals surface area contributed by atoms with E-state index in [1.54, 1.807) is 44.5 Å². The molecule has 0 saturated heterocycles. The Kier molecular flexibility index (Phi) is 7.14. The first-order chi connectivity index (χ1) is 14.3. The van der Waals surface area contributed by atoms with E-state index in [4.69, 9.17) is 16.3 Å². The number of rotatable bonds is 8. The number of nitrogens with zero attached hydrogens (tertiary/aromatic N) is 1. The van der Waals surface area contributed by atoms with E-state index in [-0.39, 0.29) is 29.5 Å². The van der Waals surface area contributed by atoms with Gasteiger partial charge in [0.2, 0.25) is 10.0 Å². The normalized spacial score (nSPS) is 11.3. The SMILES string of the molecule is COc1ccc(Cl)cc1CN(C)C(=O)c1cccc(S(=O)(=O)NCc2cccs2)c1. The van der Waals surface area contributed by atoms with E-state index < -0.39 is 10.0 Å². The van der Waals surface area contributed by atoms with E-state index in [2.05, 4.69) is 4.72 Å². The summed E-state index contributed by atoms with van der Waals surface area (Å²) >= 11 is 7.53. The molecule has 0 saturated carbocycles. The van der Waals surface area contributed by atoms with E-state index >= 15 is 0 Å². The lowest BCUT2D eigenvalue weighted by Crippen LogP contribution is -2.27. The lowest BCUT2D eigenvalue weighted by molar-refractivity contribution is 0.0784. The Morgan fingerprint density at radius 3 is 2.67 bits per heavy atom. The van der Waals surface area contributed by atoms with Gasteiger partial charge in [-0.1, -0.05) is 23.7 Å². The van der Waals surface area contributed by atoms with E-state index in [0.29, 0.717) is 10.8 Å². The smallest absolute Gasteiger partial charge is 0.253 e. The first kappa shape index (κ1) is 22.3. The van der Waals surface area contributed by atoms with Gasteiger partial charge in [0.05, 0.1) is 12.0 Å². The summed E-state index contributed by atoms with van der Waals surface area (Å²) in [5, 5.41) is 2.42. The summed E-state index contributed by atoms with van der Waals surface area (Å²) in [7, 11) is -0.559. The van der Waals surface area contributed by atoms with Gasteiger partial charge in [-0.25, -0.2) is 13.1 Å². The molecule has 1 aromatic heterocycles. The summed E-state index contributed by atoms with van der Waals surface area (Å²) in [4.78, 5) is 15.3. The van der Waals surface area contributed by atoms with Gasteiger partial charge in [0.25, 0.3) is 5.91 Å². The molecule has 0 aliphatic rings. The molecule has 0 bridgehead atoms. The summed E-state index contributed by atoms with van der Waals surface area (Å²) in [5.74, 6) is 0.306. The number of sulfonamides is 1. The molecule has 0 fully saturated rings. The van der Waals surface area contributed by atoms with E-state index in [0.717, 1.165) is 10.4 Å². The molecule has 30 heavy (non-hydrogen) atoms. The molecule has 3 aromatic rings. The Labute approximate surface area is 185 Å². The Balaban J connectivity index is 1.76. The summed E-state index contributed by atoms with van der Waals surface area (Å²) in [6.45, 7) is 0.461. The minimum Gasteiger partial charge on any atom is -0.496 e. The number of hydrogen-bond acceptors (Lipinski definition) is 5. The molecule has 9 heteroatoms. The van der Waals surface area contributed by atoms with Gasteiger partial charge in [0, 0.05) is 41.2 Å². The lowest BCUT2D eigenvalue weighted by Gasteiger charge is -2.19. The number of ether oxygens (including phenoxy) is 1. The average Bonchev–Trinajstić information content (AvgIpc) is 3.26. The van der Waals surface area contributed by atoms with Crippen LogP contribution in [0.1, 0.15) is 20.8 Å². The highest BCUT2D eigenvalue weighted by molar-refractivity contribution is 7.89. The topological polar surface area (TPSA) is 75.7 Å². The molecule has 3 rings (SSSR count). The number of hydrogen-bond donors (Lipinski definition) is 1. The second-order valence-corrected chi connectivity index (χ2v) is 9.78. The van der Waals surface area contributed by atoms with Crippen molar-refractivity contribution >= 4 is 38.9 Å². The third-order valence-corrected chi connectivity index (χ3v) is 6.91. The van der Waals surface area contributed by atoms with Gasteiger partial charge in [-0.3, -0.25) is 4.79 Å². The Morgan fingerprint density at radius 2 is 1.97 bits per heavy atom. The summed E-state index contributed by atoms with van der Waals surface area (Å²) < 4.78 is 33.1. The van der Waals surface area contributed by atoms with Crippen LogP contribution in [0.2, 0.25) is 5.02 Å². The molecular formula is C21H21ClN2O4S2. The van der Waals surface area contributed by atoms with Crippen LogP contribution in [0.15, 0.2) is 64.9 Å². The van der Waals surface area contributed by atoms with E-state index in [1.807, 2.05) is 17.5 Å². The maximum atomic E-state index is 12.9. The maximum Gasteiger partial charge on any atom is 0.253 e. The van der Waals surface area contributed by atoms with Crippen LogP contribution in [0.4, 0.5) is 0 Å². The zero-order valence-electron chi connectivity index (χ0n) is 16.5. The average molecular weight is 465 g/mol. The van der Waals surface area contributed by atoms with Gasteiger partial charge >= 0.3 is 0 Å². The number of amides is 1. The minimum absolute atomic E-state index is 0.0404. The van der Waals surface area contributed by atoms with Gasteiger partial charge in [0.1, 0.15) is 5.75 Å². The quantitative estimate of drug-likeness (QED) is 0.543. The molecule has 0 atom stereocenters. The first-order valence-electron chi connectivity index (χ1n) is 9.00. The van der Waals surface area contributed by atoms with Crippen molar-refractivity contribution in [1.82, 2.24) is 9.62 Å². The zero-order valence-corrected chi connectivity index (χ0v) is 18.9. The predicted molar refractivity (Wildman–Crippen MR) is 119 cm³/mol. The number of carbonyl (C=O) groups excluding carboxylic acids is 1. The molecule has 0 spiro atoms. The third-order valence-electron chi connectivity index (χ3n) is 4.40. The summed E-state index contributed by atoms with van der Waals surface area (Å²) in [6, 6.07) is 14.9. The van der Waals surface area contributed by atoms with Crippen LogP contribution in [-0.2, 0) is 23.1 Å². The van der Waals surface area contributed by atoms with Crippen LogP contribution in [0.5, 0.6) is 5.75 Å². The highest BCUT2D eigenvalue weighted by atomic mass is 35.5. The fourth-order valence-corrected chi connectivity index (χ4v) is 4.86. The molecule has 1 N–H and O–H groups in total. The van der Waals surface area contributed by atoms with Gasteiger partial charge < -0.3 is 9.64 Å². The van der Waals surface area contributed by atoms with E-state index in [1.165, 1.54) is 28.4 Å². The zero-order chi connectivity index (χ0) is 21.7. The molecule has 1 amide bonds. The molecule has 0 aliphatic carbocycles. The van der Waals surface area contributed by atoms with Crippen molar-refractivity contribution in [1.29, 1.82) is 0 Å². The van der Waals surface area contributed by atoms with Crippen LogP contribution < -0.4 is 9.46 Å². The van der Waals surface area contributed by atoms with Crippen molar-refractivity contribution in [3.8, 4) is 5.75 Å². The largest absolute Gasteiger partial charge is 0.496 e. The van der Waals surface area contributed by atoms with Gasteiger partial charge in [-0.05, 0) is 47.8 Å². The van der Waals surface area contributed by atoms with Crippen molar-refractivity contribution in [2.75, 3.05) is 14.2 Å². The number of halogens is 1. The molecule has 2 aromatic carbocycles. The van der Waals surface area contributed by atoms with Crippen molar-refractivity contribution < 1.29 is 17.9 Å². The first-order valence-corrected chi connectivity index (χ1v) is 11.7. The Hall–Kier alpha value is -2.39. The van der Waals surface area contributed by atoms with Crippen LogP contribution in [0, 0.1) is 0 Å². The molecule has 0 aliphatic heterocycles. The van der Waals surface area contributed by atoms with Gasteiger partial charge in [-0.2, -0.15) is 0 Å². The maximum absolute atomic E-state index is 12.9. The fourth-order valence-electron chi connectivity index (χ4n) is 2.88. The third kappa shape index (κ3) is 5.40. The molecule has 1 heterocycles. The predicted octanol–water partition coefficient (Wildman–Crippen LogP) is 4.16. The van der Waals surface area contributed by atoms with Crippen LogP contribution in [-0.4, -0.2) is 33.4 Å². The number of thiophene rings is 1. The highest BCUT2D eigenvalue weighted by Crippen LogP contribution is 2.24. The van der Waals surface area contributed by atoms with Crippen molar-refractivity contribution in [3.63, 3.8) is 0 Å². The number of methoxy groups -OCH3 is 1. The van der Waals surface area contributed by atoms with Gasteiger partial charge in [0.15, 0.2) is 0 Å². The second kappa shape index (κ2) is 9.61. The van der Waals surface area contributed by atoms with E-state index in [9.17, 15) is 13.2 Å². The van der Waals surface area contributed by atoms with Crippen molar-refractivity contribution in [3.05, 3.63) is 81.0 Å². The van der Waals surface area contributed by atoms with Crippen molar-refractivity contribution in [2.24, 2.45) is 0 Å². The van der Waals surface area contributed by atoms with Crippen LogP contribution in [0.25, 0.3) is 0 Å². The number of nitrogens with one attached hydrogen (secondary N) is 1. The molecular weight excluding hydrogens is 444 g/mol. The van der Waals surface area contributed by atoms with Gasteiger partial charge in [-0.15, -0.1) is 11.3 Å². The Morgan fingerprint density at radius 1 is 1.17 bits per heavy atom. The Bertz CT molecular complexity index is 1130. The number of benzene rings is 2. The summed E-state index contributed by atoms with van der Waals surface area (Å²) in [6.07, 6.45) is 0. The second-order valence-electron chi connectivity index (χ2n) is 6.55. The summed E-state index contributed by atoms with van der Waals surface area (Å²) in [5.41, 5.74) is 1.03. The fraction of sp³-hybridized carbons (Fsp3) is 0.190. The van der Waals surface area contributed by atoms with Crippen molar-refractivity contribution in [2.45, 2.75) is 18.0 Å².